The quantitative estimate of drug-likeness (QED) is 0.334. The van der Waals surface area contributed by atoms with Gasteiger partial charge in [-0.05, 0) is 79.1 Å². The molecule has 1 aliphatic carbocycles. The van der Waals surface area contributed by atoms with Crippen LogP contribution in [-0.4, -0.2) is 25.3 Å². The summed E-state index contributed by atoms with van der Waals surface area (Å²) in [6, 6.07) is 5.55. The summed E-state index contributed by atoms with van der Waals surface area (Å²) in [7, 11) is 0. The number of carbonyl (C=O) groups excluding carboxylic acids is 1. The number of nitrogens with zero attached hydrogens (tertiary/aromatic N) is 1. The predicted octanol–water partition coefficient (Wildman–Crippen LogP) is 7.09. The van der Waals surface area contributed by atoms with Crippen LogP contribution >= 0.6 is 0 Å². The number of primary amides is 1. The maximum atomic E-state index is 13.4. The van der Waals surface area contributed by atoms with Crippen molar-refractivity contribution in [2.45, 2.75) is 77.2 Å². The number of anilines is 1. The lowest BCUT2D eigenvalue weighted by Gasteiger charge is -2.28. The summed E-state index contributed by atoms with van der Waals surface area (Å²) < 4.78 is 85.4. The van der Waals surface area contributed by atoms with E-state index in [2.05, 4.69) is 17.9 Å². The van der Waals surface area contributed by atoms with Crippen LogP contribution in [0, 0.1) is 0 Å². The molecule has 0 bridgehead atoms. The standard InChI is InChI=1S/C27H32F6N2O2/c1-3-5-9-35(4-2)24-15-19-8-6-7-18(19)13-20(24)14-23(37-25(34)36)12-17-10-21(26(28,29)30)16-22(11-17)27(31,32)33/h10-11,13,15-16,23H,3-9,12,14H2,1-2H3,(H2,34,36). The molecule has 0 spiro atoms. The van der Waals surface area contributed by atoms with Crippen LogP contribution in [0.25, 0.3) is 0 Å². The van der Waals surface area contributed by atoms with Crippen molar-refractivity contribution in [3.05, 3.63) is 63.7 Å². The molecule has 0 heterocycles. The van der Waals surface area contributed by atoms with Crippen molar-refractivity contribution < 1.29 is 35.9 Å². The minimum absolute atomic E-state index is 0.0822. The second kappa shape index (κ2) is 11.6. The van der Waals surface area contributed by atoms with Crippen LogP contribution in [0.2, 0.25) is 0 Å². The zero-order chi connectivity index (χ0) is 27.4. The summed E-state index contributed by atoms with van der Waals surface area (Å²) in [4.78, 5) is 13.9. The number of unbranched alkanes of at least 4 members (excludes halogenated alkanes) is 1. The molecule has 0 radical (unpaired) electrons. The predicted molar refractivity (Wildman–Crippen MR) is 130 cm³/mol. The number of fused-ring (bicyclic) bond motifs is 1. The second-order valence-corrected chi connectivity index (χ2v) is 9.42. The fourth-order valence-corrected chi connectivity index (χ4v) is 4.88. The molecule has 0 saturated carbocycles. The van der Waals surface area contributed by atoms with Gasteiger partial charge in [0, 0.05) is 31.6 Å². The molecule has 2 aromatic carbocycles. The van der Waals surface area contributed by atoms with E-state index in [1.807, 2.05) is 13.0 Å². The molecule has 1 unspecified atom stereocenters. The first-order valence-corrected chi connectivity index (χ1v) is 12.5. The lowest BCUT2D eigenvalue weighted by Crippen LogP contribution is -2.29. The number of aryl methyl sites for hydroxylation is 2. The minimum atomic E-state index is -4.97. The highest BCUT2D eigenvalue weighted by Gasteiger charge is 2.37. The number of alkyl halides is 6. The van der Waals surface area contributed by atoms with Gasteiger partial charge >= 0.3 is 18.4 Å². The molecular weight excluding hydrogens is 498 g/mol. The van der Waals surface area contributed by atoms with Crippen molar-refractivity contribution in [2.24, 2.45) is 5.73 Å². The van der Waals surface area contributed by atoms with Gasteiger partial charge in [0.25, 0.3) is 0 Å². The first-order valence-electron chi connectivity index (χ1n) is 12.5. The number of benzene rings is 2. The van der Waals surface area contributed by atoms with E-state index in [-0.39, 0.29) is 24.5 Å². The van der Waals surface area contributed by atoms with Crippen molar-refractivity contribution in [3.8, 4) is 0 Å². The first-order chi connectivity index (χ1) is 17.3. The summed E-state index contributed by atoms with van der Waals surface area (Å²) in [5.41, 5.74) is 6.33. The molecule has 2 aromatic rings. The molecule has 0 aliphatic heterocycles. The third-order valence-electron chi connectivity index (χ3n) is 6.64. The van der Waals surface area contributed by atoms with Crippen molar-refractivity contribution in [1.29, 1.82) is 0 Å². The summed E-state index contributed by atoms with van der Waals surface area (Å²) >= 11 is 0. The molecule has 204 valence electrons. The number of hydrogen-bond donors (Lipinski definition) is 1. The van der Waals surface area contributed by atoms with Crippen LogP contribution in [0.1, 0.15) is 66.5 Å². The summed E-state index contributed by atoms with van der Waals surface area (Å²) in [6.07, 6.45) is -7.61. The van der Waals surface area contributed by atoms with Crippen LogP contribution in [-0.2, 0) is 42.8 Å². The van der Waals surface area contributed by atoms with Crippen molar-refractivity contribution in [1.82, 2.24) is 0 Å². The van der Waals surface area contributed by atoms with Crippen LogP contribution in [0.3, 0.4) is 0 Å². The Morgan fingerprint density at radius 1 is 0.946 bits per heavy atom. The number of halogens is 6. The van der Waals surface area contributed by atoms with Gasteiger partial charge < -0.3 is 15.4 Å². The summed E-state index contributed by atoms with van der Waals surface area (Å²) in [5, 5.41) is 0. The third-order valence-corrected chi connectivity index (χ3v) is 6.64. The third kappa shape index (κ3) is 7.55. The van der Waals surface area contributed by atoms with E-state index in [0.29, 0.717) is 12.1 Å². The largest absolute Gasteiger partial charge is 0.446 e. The number of rotatable bonds is 10. The molecule has 4 nitrogen and oxygen atoms in total. The van der Waals surface area contributed by atoms with Gasteiger partial charge in [-0.1, -0.05) is 19.4 Å². The molecule has 1 amide bonds. The molecule has 0 fully saturated rings. The van der Waals surface area contributed by atoms with E-state index >= 15 is 0 Å². The molecule has 1 aliphatic rings. The van der Waals surface area contributed by atoms with E-state index in [9.17, 15) is 31.1 Å². The Labute approximate surface area is 212 Å². The van der Waals surface area contributed by atoms with Crippen LogP contribution < -0.4 is 10.6 Å². The molecular formula is C27H32F6N2O2. The minimum Gasteiger partial charge on any atom is -0.446 e. The van der Waals surface area contributed by atoms with Gasteiger partial charge in [-0.25, -0.2) is 4.79 Å². The van der Waals surface area contributed by atoms with E-state index in [1.54, 1.807) is 0 Å². The van der Waals surface area contributed by atoms with Crippen LogP contribution in [0.4, 0.5) is 36.8 Å². The lowest BCUT2D eigenvalue weighted by molar-refractivity contribution is -0.143. The average molecular weight is 531 g/mol. The molecule has 2 N–H and O–H groups in total. The number of ether oxygens (including phenoxy) is 1. The monoisotopic (exact) mass is 530 g/mol. The molecule has 37 heavy (non-hydrogen) atoms. The van der Waals surface area contributed by atoms with E-state index in [1.165, 1.54) is 5.56 Å². The fourth-order valence-electron chi connectivity index (χ4n) is 4.88. The maximum absolute atomic E-state index is 13.4. The normalized spacial score (nSPS) is 14.4. The molecule has 0 aromatic heterocycles. The molecule has 1 atom stereocenters. The molecule has 3 rings (SSSR count). The Morgan fingerprint density at radius 3 is 2.05 bits per heavy atom. The number of carbonyl (C=O) groups is 1. The smallest absolute Gasteiger partial charge is 0.416 e. The van der Waals surface area contributed by atoms with E-state index in [4.69, 9.17) is 10.5 Å². The Balaban J connectivity index is 2.01. The van der Waals surface area contributed by atoms with Gasteiger partial charge in [-0.2, -0.15) is 26.3 Å². The highest BCUT2D eigenvalue weighted by molar-refractivity contribution is 5.65. The Bertz CT molecular complexity index is 1070. The van der Waals surface area contributed by atoms with Gasteiger partial charge in [0.15, 0.2) is 0 Å². The van der Waals surface area contributed by atoms with Gasteiger partial charge in [-0.3, -0.25) is 0 Å². The molecule has 0 saturated heterocycles. The SMILES string of the molecule is CCCCN(CC)c1cc2c(cc1CC(Cc1cc(C(F)(F)F)cc(C(F)(F)F)c1)OC(N)=O)CCC2. The Morgan fingerprint density at radius 2 is 1.54 bits per heavy atom. The number of amides is 1. The van der Waals surface area contributed by atoms with Crippen molar-refractivity contribution >= 4 is 11.8 Å². The van der Waals surface area contributed by atoms with Gasteiger partial charge in [0.05, 0.1) is 11.1 Å². The zero-order valence-corrected chi connectivity index (χ0v) is 20.9. The summed E-state index contributed by atoms with van der Waals surface area (Å²) in [6.45, 7) is 5.61. The highest BCUT2D eigenvalue weighted by atomic mass is 19.4. The number of hydrogen-bond acceptors (Lipinski definition) is 3. The Hall–Kier alpha value is -2.91. The van der Waals surface area contributed by atoms with Gasteiger partial charge in [-0.15, -0.1) is 0 Å². The van der Waals surface area contributed by atoms with Crippen LogP contribution in [0.15, 0.2) is 30.3 Å². The van der Waals surface area contributed by atoms with Crippen LogP contribution in [0.5, 0.6) is 0 Å². The zero-order valence-electron chi connectivity index (χ0n) is 20.9. The maximum Gasteiger partial charge on any atom is 0.416 e. The van der Waals surface area contributed by atoms with Gasteiger partial charge in [0.2, 0.25) is 0 Å². The van der Waals surface area contributed by atoms with Crippen molar-refractivity contribution in [2.75, 3.05) is 18.0 Å². The summed E-state index contributed by atoms with van der Waals surface area (Å²) in [5.74, 6) is 0. The second-order valence-electron chi connectivity index (χ2n) is 9.42. The first kappa shape index (κ1) is 28.7. The number of nitrogens with two attached hydrogens (primary N) is 1. The fraction of sp³-hybridized carbons (Fsp3) is 0.519. The highest BCUT2D eigenvalue weighted by Crippen LogP contribution is 2.37. The van der Waals surface area contributed by atoms with Gasteiger partial charge in [0.1, 0.15) is 6.10 Å². The molecule has 10 heteroatoms. The van der Waals surface area contributed by atoms with E-state index < -0.39 is 35.7 Å². The average Bonchev–Trinajstić information content (AvgIpc) is 3.25. The van der Waals surface area contributed by atoms with E-state index in [0.717, 1.165) is 62.0 Å². The lowest BCUT2D eigenvalue weighted by atomic mass is 9.94. The topological polar surface area (TPSA) is 55.6 Å². The van der Waals surface area contributed by atoms with Crippen molar-refractivity contribution in [3.63, 3.8) is 0 Å². The Kier molecular flexibility index (Phi) is 9.02.